The number of thioether (sulfide) groups is 1. The largest absolute Gasteiger partial charge is 0.457 e. The van der Waals surface area contributed by atoms with Gasteiger partial charge in [0.25, 0.3) is 5.91 Å². The summed E-state index contributed by atoms with van der Waals surface area (Å²) in [5, 5.41) is 0.643. The number of nitrogens with zero attached hydrogens (tertiary/aromatic N) is 1. The third kappa shape index (κ3) is 3.33. The summed E-state index contributed by atoms with van der Waals surface area (Å²) in [6, 6.07) is 20.5. The number of furan rings is 1. The summed E-state index contributed by atoms with van der Waals surface area (Å²) in [7, 11) is 0. The van der Waals surface area contributed by atoms with Gasteiger partial charge in [0.1, 0.15) is 11.5 Å². The number of para-hydroxylation sites is 1. The Hall–Kier alpha value is -2.34. The van der Waals surface area contributed by atoms with Crippen LogP contribution in [0.15, 0.2) is 76.1 Å². The zero-order chi connectivity index (χ0) is 18.1. The minimum atomic E-state index is -0.146. The summed E-state index contributed by atoms with van der Waals surface area (Å²) in [5.41, 5.74) is 1.64. The van der Waals surface area contributed by atoms with Gasteiger partial charge in [0.05, 0.1) is 10.6 Å². The molecule has 2 aromatic carbocycles. The van der Waals surface area contributed by atoms with E-state index in [1.54, 1.807) is 6.08 Å². The Morgan fingerprint density at radius 1 is 1.04 bits per heavy atom. The maximum absolute atomic E-state index is 12.7. The molecule has 3 aromatic rings. The smallest absolute Gasteiger partial charge is 0.270 e. The molecule has 1 saturated heterocycles. The Kier molecular flexibility index (Phi) is 4.68. The van der Waals surface area contributed by atoms with Crippen molar-refractivity contribution in [1.29, 1.82) is 0 Å². The Morgan fingerprint density at radius 2 is 1.85 bits per heavy atom. The summed E-state index contributed by atoms with van der Waals surface area (Å²) in [6.07, 6.45) is 1.72. The van der Waals surface area contributed by atoms with Crippen molar-refractivity contribution in [3.05, 3.63) is 82.4 Å². The first-order valence-electron chi connectivity index (χ1n) is 7.80. The molecule has 1 fully saturated rings. The number of rotatable bonds is 3. The molecule has 0 N–H and O–H groups in total. The van der Waals surface area contributed by atoms with Crippen molar-refractivity contribution < 1.29 is 9.21 Å². The van der Waals surface area contributed by atoms with Crippen LogP contribution < -0.4 is 4.90 Å². The lowest BCUT2D eigenvalue weighted by Crippen LogP contribution is -2.27. The molecule has 1 aromatic heterocycles. The lowest BCUT2D eigenvalue weighted by Gasteiger charge is -2.13. The van der Waals surface area contributed by atoms with Gasteiger partial charge in [-0.15, -0.1) is 0 Å². The average molecular weight is 398 g/mol. The van der Waals surface area contributed by atoms with Crippen LogP contribution in [-0.4, -0.2) is 10.2 Å². The highest BCUT2D eigenvalue weighted by atomic mass is 35.5. The van der Waals surface area contributed by atoms with Crippen LogP contribution in [0.4, 0.5) is 5.69 Å². The molecular formula is C20H12ClNO2S2. The summed E-state index contributed by atoms with van der Waals surface area (Å²) in [4.78, 5) is 14.8. The number of anilines is 1. The third-order valence-corrected chi connectivity index (χ3v) is 5.35. The quantitative estimate of drug-likeness (QED) is 0.400. The van der Waals surface area contributed by atoms with Crippen molar-refractivity contribution in [3.8, 4) is 11.3 Å². The molecule has 0 unspecified atom stereocenters. The van der Waals surface area contributed by atoms with Crippen molar-refractivity contribution in [2.45, 2.75) is 0 Å². The average Bonchev–Trinajstić information content (AvgIpc) is 3.21. The van der Waals surface area contributed by atoms with Crippen molar-refractivity contribution in [2.24, 2.45) is 0 Å². The predicted molar refractivity (Wildman–Crippen MR) is 111 cm³/mol. The number of thiocarbonyl (C=S) groups is 1. The van der Waals surface area contributed by atoms with Gasteiger partial charge in [-0.1, -0.05) is 65.9 Å². The van der Waals surface area contributed by atoms with Gasteiger partial charge in [-0.25, -0.2) is 0 Å². The number of amides is 1. The molecule has 0 aliphatic carbocycles. The van der Waals surface area contributed by atoms with E-state index in [4.69, 9.17) is 28.2 Å². The Bertz CT molecular complexity index is 1030. The van der Waals surface area contributed by atoms with E-state index in [1.165, 1.54) is 16.7 Å². The molecule has 1 aliphatic heterocycles. The molecular weight excluding hydrogens is 386 g/mol. The zero-order valence-electron chi connectivity index (χ0n) is 13.4. The van der Waals surface area contributed by atoms with Crippen molar-refractivity contribution >= 4 is 57.6 Å². The first-order valence-corrected chi connectivity index (χ1v) is 9.41. The highest BCUT2D eigenvalue weighted by Gasteiger charge is 2.33. The molecule has 6 heteroatoms. The second-order valence-electron chi connectivity index (χ2n) is 5.57. The Balaban J connectivity index is 1.62. The van der Waals surface area contributed by atoms with Gasteiger partial charge in [-0.2, -0.15) is 0 Å². The van der Waals surface area contributed by atoms with Gasteiger partial charge in [0.15, 0.2) is 4.32 Å². The molecule has 0 bridgehead atoms. The van der Waals surface area contributed by atoms with Gasteiger partial charge in [0.2, 0.25) is 0 Å². The zero-order valence-corrected chi connectivity index (χ0v) is 15.8. The summed E-state index contributed by atoms with van der Waals surface area (Å²) in [6.45, 7) is 0. The van der Waals surface area contributed by atoms with Crippen LogP contribution in [-0.2, 0) is 4.79 Å². The number of benzene rings is 2. The second kappa shape index (κ2) is 7.11. The number of hydrogen-bond acceptors (Lipinski definition) is 4. The molecule has 26 heavy (non-hydrogen) atoms. The van der Waals surface area contributed by atoms with E-state index < -0.39 is 0 Å². The Morgan fingerprint density at radius 3 is 2.62 bits per heavy atom. The number of carbonyl (C=O) groups excluding carboxylic acids is 1. The fourth-order valence-corrected chi connectivity index (χ4v) is 4.09. The Labute approximate surface area is 165 Å². The van der Waals surface area contributed by atoms with Gasteiger partial charge < -0.3 is 4.42 Å². The number of carbonyl (C=O) groups is 1. The van der Waals surface area contributed by atoms with Crippen LogP contribution in [0, 0.1) is 0 Å². The fraction of sp³-hybridized carbons (Fsp3) is 0. The highest BCUT2D eigenvalue weighted by Crippen LogP contribution is 2.36. The highest BCUT2D eigenvalue weighted by molar-refractivity contribution is 8.27. The lowest BCUT2D eigenvalue weighted by atomic mass is 10.2. The minimum Gasteiger partial charge on any atom is -0.457 e. The van der Waals surface area contributed by atoms with Crippen LogP contribution in [0.2, 0.25) is 5.02 Å². The van der Waals surface area contributed by atoms with Crippen LogP contribution in [0.1, 0.15) is 5.76 Å². The normalized spacial score (nSPS) is 15.9. The summed E-state index contributed by atoms with van der Waals surface area (Å²) >= 11 is 12.7. The van der Waals surface area contributed by atoms with Crippen molar-refractivity contribution in [2.75, 3.05) is 4.90 Å². The maximum atomic E-state index is 12.7. The van der Waals surface area contributed by atoms with Crippen LogP contribution in [0.5, 0.6) is 0 Å². The molecule has 3 nitrogen and oxygen atoms in total. The molecule has 0 saturated carbocycles. The van der Waals surface area contributed by atoms with E-state index in [9.17, 15) is 4.79 Å². The SMILES string of the molecule is O=C1/C(=C\c2ccc(-c3cccc(Cl)c3)o2)SC(=S)N1c1ccccc1. The van der Waals surface area contributed by atoms with Gasteiger partial charge in [-0.05, 0) is 36.4 Å². The monoisotopic (exact) mass is 397 g/mol. The fourth-order valence-electron chi connectivity index (χ4n) is 2.62. The molecule has 1 aliphatic rings. The second-order valence-corrected chi connectivity index (χ2v) is 7.68. The predicted octanol–water partition coefficient (Wildman–Crippen LogP) is 6.01. The van der Waals surface area contributed by atoms with Crippen molar-refractivity contribution in [3.63, 3.8) is 0 Å². The first-order chi connectivity index (χ1) is 12.6. The lowest BCUT2D eigenvalue weighted by molar-refractivity contribution is -0.113. The van der Waals surface area contributed by atoms with Crippen LogP contribution in [0.25, 0.3) is 17.4 Å². The third-order valence-electron chi connectivity index (χ3n) is 3.82. The molecule has 0 spiro atoms. The number of hydrogen-bond donors (Lipinski definition) is 0. The number of halogens is 1. The standard InChI is InChI=1S/C20H12ClNO2S2/c21-14-6-4-5-13(11-14)17-10-9-16(24-17)12-18-19(23)22(20(25)26-18)15-7-2-1-3-8-15/h1-12H/b18-12+. The van der Waals surface area contributed by atoms with E-state index in [-0.39, 0.29) is 5.91 Å². The van der Waals surface area contributed by atoms with Gasteiger partial charge >= 0.3 is 0 Å². The molecule has 1 amide bonds. The maximum Gasteiger partial charge on any atom is 0.270 e. The first kappa shape index (κ1) is 17.1. The van der Waals surface area contributed by atoms with Crippen LogP contribution in [0.3, 0.4) is 0 Å². The van der Waals surface area contributed by atoms with E-state index in [0.29, 0.717) is 25.8 Å². The summed E-state index contributed by atoms with van der Waals surface area (Å²) < 4.78 is 6.36. The van der Waals surface area contributed by atoms with Gasteiger partial charge in [-0.3, -0.25) is 9.69 Å². The topological polar surface area (TPSA) is 33.5 Å². The molecule has 4 rings (SSSR count). The minimum absolute atomic E-state index is 0.146. The van der Waals surface area contributed by atoms with Crippen LogP contribution >= 0.6 is 35.6 Å². The molecule has 128 valence electrons. The molecule has 0 atom stereocenters. The van der Waals surface area contributed by atoms with E-state index in [0.717, 1.165) is 11.3 Å². The van der Waals surface area contributed by atoms with Gasteiger partial charge in [0, 0.05) is 16.7 Å². The van der Waals surface area contributed by atoms with E-state index >= 15 is 0 Å². The van der Waals surface area contributed by atoms with E-state index in [1.807, 2.05) is 66.7 Å². The summed E-state index contributed by atoms with van der Waals surface area (Å²) in [5.74, 6) is 1.14. The molecule has 0 radical (unpaired) electrons. The van der Waals surface area contributed by atoms with Crippen molar-refractivity contribution in [1.82, 2.24) is 0 Å². The van der Waals surface area contributed by atoms with E-state index in [2.05, 4.69) is 0 Å². The molecule has 2 heterocycles.